The van der Waals surface area contributed by atoms with Crippen molar-refractivity contribution in [3.8, 4) is 0 Å². The van der Waals surface area contributed by atoms with Crippen LogP contribution < -0.4 is 10.6 Å². The molecule has 0 saturated heterocycles. The molecule has 2 aromatic carbocycles. The molecule has 0 aliphatic carbocycles. The molecule has 2 N–H and O–H groups in total. The molecule has 0 radical (unpaired) electrons. The van der Waals surface area contributed by atoms with Crippen molar-refractivity contribution < 1.29 is 9.59 Å². The first-order valence-corrected chi connectivity index (χ1v) is 11.1. The molecule has 5 nitrogen and oxygen atoms in total. The number of unbranched alkanes of at least 4 members (excludes halogenated alkanes) is 1. The van der Waals surface area contributed by atoms with Gasteiger partial charge in [-0.25, -0.2) is 0 Å². The van der Waals surface area contributed by atoms with Gasteiger partial charge in [-0.2, -0.15) is 0 Å². The van der Waals surface area contributed by atoms with Crippen molar-refractivity contribution in [2.75, 3.05) is 26.0 Å². The van der Waals surface area contributed by atoms with Crippen LogP contribution in [0.2, 0.25) is 0 Å². The van der Waals surface area contributed by atoms with Gasteiger partial charge in [-0.15, -0.1) is 12.4 Å². The summed E-state index contributed by atoms with van der Waals surface area (Å²) in [5.74, 6) is 0.427. The number of carbonyl (C=O) groups is 2. The van der Waals surface area contributed by atoms with Gasteiger partial charge in [0.25, 0.3) is 5.91 Å². The molecule has 0 fully saturated rings. The number of Topliss-reactive ketones (excluding diaryl/α,β-unsaturated/α-hetero) is 1. The van der Waals surface area contributed by atoms with Gasteiger partial charge >= 0.3 is 0 Å². The van der Waals surface area contributed by atoms with Crippen LogP contribution >= 0.6 is 24.6 Å². The molecule has 0 bridgehead atoms. The Kier molecular flexibility index (Phi) is 12.1. The Morgan fingerprint density at radius 1 is 0.969 bits per heavy atom. The van der Waals surface area contributed by atoms with E-state index in [4.69, 9.17) is 12.2 Å². The summed E-state index contributed by atoms with van der Waals surface area (Å²) in [5, 5.41) is 5.95. The number of halogens is 1. The third kappa shape index (κ3) is 9.90. The summed E-state index contributed by atoms with van der Waals surface area (Å²) in [7, 11) is 4.08. The van der Waals surface area contributed by atoms with Gasteiger partial charge in [0.15, 0.2) is 5.11 Å². The number of thiocarbonyl (C=S) groups is 1. The third-order valence-corrected chi connectivity index (χ3v) is 5.19. The molecule has 2 aromatic rings. The van der Waals surface area contributed by atoms with Gasteiger partial charge in [0.1, 0.15) is 5.78 Å². The van der Waals surface area contributed by atoms with Crippen molar-refractivity contribution >= 4 is 47.1 Å². The van der Waals surface area contributed by atoms with Crippen molar-refractivity contribution in [1.82, 2.24) is 10.2 Å². The van der Waals surface area contributed by atoms with Crippen molar-refractivity contribution in [3.63, 3.8) is 0 Å². The summed E-state index contributed by atoms with van der Waals surface area (Å²) < 4.78 is 0. The van der Waals surface area contributed by atoms with E-state index in [-0.39, 0.29) is 29.2 Å². The molecule has 1 amide bonds. The number of rotatable bonds is 10. The highest BCUT2D eigenvalue weighted by Crippen LogP contribution is 2.15. The molecule has 0 saturated carbocycles. The number of ketones is 1. The average molecular weight is 476 g/mol. The molecule has 0 aliphatic heterocycles. The maximum atomic E-state index is 12.4. The van der Waals surface area contributed by atoms with E-state index in [0.29, 0.717) is 24.3 Å². The van der Waals surface area contributed by atoms with Gasteiger partial charge < -0.3 is 10.2 Å². The van der Waals surface area contributed by atoms with Gasteiger partial charge in [0, 0.05) is 24.1 Å². The lowest BCUT2D eigenvalue weighted by Gasteiger charge is -2.11. The molecule has 0 unspecified atom stereocenters. The standard InChI is InChI=1S/C25H33N3O2S.ClH/c1-18(2)20-10-12-21(13-11-20)24(30)27-25(31)26-22-14-8-19(9-15-22)17-23(29)7-5-6-16-28(3)4;/h8-15,18H,5-7,16-17H2,1-4H3,(H2,26,27,30,31);1H. The van der Waals surface area contributed by atoms with E-state index in [1.54, 1.807) is 12.1 Å². The number of hydrogen-bond donors (Lipinski definition) is 2. The fourth-order valence-corrected chi connectivity index (χ4v) is 3.34. The Morgan fingerprint density at radius 2 is 1.59 bits per heavy atom. The number of anilines is 1. The first-order chi connectivity index (χ1) is 14.7. The second kappa shape index (κ2) is 14.0. The molecular weight excluding hydrogens is 442 g/mol. The van der Waals surface area contributed by atoms with E-state index >= 15 is 0 Å². The first kappa shape index (κ1) is 27.8. The molecule has 0 heterocycles. The van der Waals surface area contributed by atoms with Crippen LogP contribution in [0.5, 0.6) is 0 Å². The lowest BCUT2D eigenvalue weighted by Crippen LogP contribution is -2.34. The largest absolute Gasteiger partial charge is 0.332 e. The zero-order valence-corrected chi connectivity index (χ0v) is 20.9. The van der Waals surface area contributed by atoms with E-state index in [0.717, 1.165) is 30.6 Å². The summed E-state index contributed by atoms with van der Waals surface area (Å²) >= 11 is 5.26. The molecule has 7 heteroatoms. The quantitative estimate of drug-likeness (QED) is 0.365. The maximum Gasteiger partial charge on any atom is 0.257 e. The van der Waals surface area contributed by atoms with Crippen LogP contribution in [-0.4, -0.2) is 42.3 Å². The lowest BCUT2D eigenvalue weighted by molar-refractivity contribution is -0.118. The second-order valence-electron chi connectivity index (χ2n) is 8.36. The highest BCUT2D eigenvalue weighted by Gasteiger charge is 2.09. The minimum atomic E-state index is -0.246. The summed E-state index contributed by atoms with van der Waals surface area (Å²) in [5.41, 5.74) is 3.49. The van der Waals surface area contributed by atoms with Crippen molar-refractivity contribution in [2.24, 2.45) is 0 Å². The summed E-state index contributed by atoms with van der Waals surface area (Å²) in [6.45, 7) is 5.23. The minimum Gasteiger partial charge on any atom is -0.332 e. The number of nitrogens with one attached hydrogen (secondary N) is 2. The number of benzene rings is 2. The Labute approximate surface area is 203 Å². The number of amides is 1. The minimum absolute atomic E-state index is 0. The molecule has 0 aromatic heterocycles. The van der Waals surface area contributed by atoms with E-state index in [9.17, 15) is 9.59 Å². The van der Waals surface area contributed by atoms with Gasteiger partial charge in [-0.3, -0.25) is 14.9 Å². The lowest BCUT2D eigenvalue weighted by atomic mass is 10.0. The Morgan fingerprint density at radius 3 is 2.16 bits per heavy atom. The third-order valence-electron chi connectivity index (χ3n) is 4.99. The van der Waals surface area contributed by atoms with Crippen LogP contribution in [0.15, 0.2) is 48.5 Å². The monoisotopic (exact) mass is 475 g/mol. The van der Waals surface area contributed by atoms with Crippen LogP contribution in [0.3, 0.4) is 0 Å². The normalized spacial score (nSPS) is 10.6. The molecule has 174 valence electrons. The Bertz CT molecular complexity index is 881. The highest BCUT2D eigenvalue weighted by atomic mass is 35.5. The molecule has 0 aliphatic rings. The summed E-state index contributed by atoms with van der Waals surface area (Å²) in [4.78, 5) is 26.6. The fraction of sp³-hybridized carbons (Fsp3) is 0.400. The number of carbonyl (C=O) groups excluding carboxylic acids is 2. The van der Waals surface area contributed by atoms with Gasteiger partial charge in [0.2, 0.25) is 0 Å². The molecule has 2 rings (SSSR count). The summed E-state index contributed by atoms with van der Waals surface area (Å²) in [6, 6.07) is 15.1. The second-order valence-corrected chi connectivity index (χ2v) is 8.77. The van der Waals surface area contributed by atoms with E-state index in [1.807, 2.05) is 50.5 Å². The van der Waals surface area contributed by atoms with Crippen LogP contribution in [0, 0.1) is 0 Å². The Hall–Kier alpha value is -2.28. The smallest absolute Gasteiger partial charge is 0.257 e. The zero-order valence-electron chi connectivity index (χ0n) is 19.3. The zero-order chi connectivity index (χ0) is 22.8. The average Bonchev–Trinajstić information content (AvgIpc) is 2.72. The predicted octanol–water partition coefficient (Wildman–Crippen LogP) is 5.20. The molecule has 32 heavy (non-hydrogen) atoms. The van der Waals surface area contributed by atoms with Gasteiger partial charge in [0.05, 0.1) is 0 Å². The first-order valence-electron chi connectivity index (χ1n) is 10.7. The van der Waals surface area contributed by atoms with Crippen LogP contribution in [0.4, 0.5) is 5.69 Å². The predicted molar refractivity (Wildman–Crippen MR) is 139 cm³/mol. The van der Waals surface area contributed by atoms with Gasteiger partial charge in [-0.05, 0) is 87.0 Å². The van der Waals surface area contributed by atoms with Crippen molar-refractivity contribution in [3.05, 3.63) is 65.2 Å². The topological polar surface area (TPSA) is 61.4 Å². The molecule has 0 atom stereocenters. The van der Waals surface area contributed by atoms with E-state index in [1.165, 1.54) is 5.56 Å². The molecule has 0 spiro atoms. The SMILES string of the molecule is CC(C)c1ccc(C(=O)NC(=S)Nc2ccc(CC(=O)CCCCN(C)C)cc2)cc1.Cl. The number of hydrogen-bond acceptors (Lipinski definition) is 4. The van der Waals surface area contributed by atoms with E-state index in [2.05, 4.69) is 29.4 Å². The maximum absolute atomic E-state index is 12.4. The summed E-state index contributed by atoms with van der Waals surface area (Å²) in [6.07, 6.45) is 3.01. The van der Waals surface area contributed by atoms with Crippen molar-refractivity contribution in [2.45, 2.75) is 45.4 Å². The van der Waals surface area contributed by atoms with Crippen LogP contribution in [-0.2, 0) is 11.2 Å². The molecular formula is C25H34ClN3O2S. The highest BCUT2D eigenvalue weighted by molar-refractivity contribution is 7.80. The Balaban J connectivity index is 0.00000512. The number of nitrogens with zero attached hydrogens (tertiary/aromatic N) is 1. The van der Waals surface area contributed by atoms with Gasteiger partial charge in [-0.1, -0.05) is 38.1 Å². The van der Waals surface area contributed by atoms with Crippen molar-refractivity contribution in [1.29, 1.82) is 0 Å². The van der Waals surface area contributed by atoms with E-state index < -0.39 is 0 Å². The van der Waals surface area contributed by atoms with Crippen LogP contribution in [0.1, 0.15) is 60.5 Å². The van der Waals surface area contributed by atoms with Crippen LogP contribution in [0.25, 0.3) is 0 Å². The fourth-order valence-electron chi connectivity index (χ4n) is 3.13.